The number of anilines is 1. The Morgan fingerprint density at radius 2 is 1.79 bits per heavy atom. The molecule has 0 amide bonds. The highest BCUT2D eigenvalue weighted by Gasteiger charge is 2.35. The Bertz CT molecular complexity index is 879. The van der Waals surface area contributed by atoms with E-state index in [-0.39, 0.29) is 0 Å². The zero-order chi connectivity index (χ0) is 16.1. The van der Waals surface area contributed by atoms with Crippen LogP contribution in [0.25, 0.3) is 22.4 Å². The Kier molecular flexibility index (Phi) is 3.06. The fourth-order valence-electron chi connectivity index (χ4n) is 3.75. The second-order valence-electron chi connectivity index (χ2n) is 6.60. The summed E-state index contributed by atoms with van der Waals surface area (Å²) < 4.78 is 7.80. The highest BCUT2D eigenvalue weighted by molar-refractivity contribution is 5.88. The number of aryl methyl sites for hydroxylation is 1. The van der Waals surface area contributed by atoms with Gasteiger partial charge in [-0.15, -0.1) is 0 Å². The van der Waals surface area contributed by atoms with Crippen molar-refractivity contribution in [2.24, 2.45) is 7.05 Å². The molecule has 0 spiro atoms. The van der Waals surface area contributed by atoms with E-state index in [2.05, 4.69) is 10.00 Å². The average Bonchev–Trinajstić information content (AvgIpc) is 3.17. The normalized spacial score (nSPS) is 23.1. The lowest BCUT2D eigenvalue weighted by Gasteiger charge is -2.33. The van der Waals surface area contributed by atoms with Gasteiger partial charge < -0.3 is 9.64 Å². The van der Waals surface area contributed by atoms with E-state index in [9.17, 15) is 0 Å². The summed E-state index contributed by atoms with van der Waals surface area (Å²) >= 11 is 0. The largest absolute Gasteiger partial charge is 0.371 e. The third-order valence-corrected chi connectivity index (χ3v) is 4.95. The zero-order valence-corrected chi connectivity index (χ0v) is 13.6. The molecule has 3 aromatic rings. The van der Waals surface area contributed by atoms with Crippen LogP contribution in [-0.4, -0.2) is 45.0 Å². The van der Waals surface area contributed by atoms with Gasteiger partial charge in [0.25, 0.3) is 0 Å². The summed E-state index contributed by atoms with van der Waals surface area (Å²) in [5.74, 6) is 1.73. The van der Waals surface area contributed by atoms with Gasteiger partial charge in [-0.3, -0.25) is 4.68 Å². The molecule has 6 nitrogen and oxygen atoms in total. The van der Waals surface area contributed by atoms with Crippen molar-refractivity contribution in [3.63, 3.8) is 0 Å². The van der Waals surface area contributed by atoms with E-state index in [1.165, 1.54) is 0 Å². The number of morpholine rings is 1. The molecule has 2 bridgehead atoms. The molecule has 24 heavy (non-hydrogen) atoms. The van der Waals surface area contributed by atoms with Gasteiger partial charge in [0.2, 0.25) is 0 Å². The van der Waals surface area contributed by atoms with Crippen LogP contribution in [0.1, 0.15) is 12.8 Å². The first kappa shape index (κ1) is 13.9. The highest BCUT2D eigenvalue weighted by atomic mass is 16.5. The van der Waals surface area contributed by atoms with Gasteiger partial charge in [0, 0.05) is 25.7 Å². The Morgan fingerprint density at radius 1 is 1.04 bits per heavy atom. The lowest BCUT2D eigenvalue weighted by Crippen LogP contribution is -2.43. The van der Waals surface area contributed by atoms with E-state index >= 15 is 0 Å². The van der Waals surface area contributed by atoms with Gasteiger partial charge in [-0.05, 0) is 12.8 Å². The molecule has 2 fully saturated rings. The van der Waals surface area contributed by atoms with Gasteiger partial charge in [-0.25, -0.2) is 9.97 Å². The van der Waals surface area contributed by atoms with Crippen LogP contribution in [0.5, 0.6) is 0 Å². The van der Waals surface area contributed by atoms with Crippen molar-refractivity contribution in [2.45, 2.75) is 25.0 Å². The molecule has 2 aliphatic rings. The number of hydrogen-bond acceptors (Lipinski definition) is 5. The summed E-state index contributed by atoms with van der Waals surface area (Å²) in [5.41, 5.74) is 1.90. The first-order valence-corrected chi connectivity index (χ1v) is 8.43. The molecule has 4 heterocycles. The average molecular weight is 321 g/mol. The fraction of sp³-hybridized carbons (Fsp3) is 0.389. The third-order valence-electron chi connectivity index (χ3n) is 4.95. The van der Waals surface area contributed by atoms with Crippen LogP contribution in [0.3, 0.4) is 0 Å². The summed E-state index contributed by atoms with van der Waals surface area (Å²) in [7, 11) is 1.93. The number of benzene rings is 1. The summed E-state index contributed by atoms with van der Waals surface area (Å²) in [5, 5.41) is 5.41. The summed E-state index contributed by atoms with van der Waals surface area (Å²) in [4.78, 5) is 12.0. The topological polar surface area (TPSA) is 56.1 Å². The number of aromatic nitrogens is 4. The Labute approximate surface area is 140 Å². The molecule has 5 rings (SSSR count). The number of rotatable bonds is 2. The van der Waals surface area contributed by atoms with E-state index in [1.54, 1.807) is 0 Å². The molecule has 122 valence electrons. The van der Waals surface area contributed by atoms with Gasteiger partial charge >= 0.3 is 0 Å². The van der Waals surface area contributed by atoms with Crippen molar-refractivity contribution >= 4 is 16.9 Å². The Morgan fingerprint density at radius 3 is 2.54 bits per heavy atom. The minimum atomic E-state index is 0.325. The first-order chi connectivity index (χ1) is 11.8. The van der Waals surface area contributed by atoms with Gasteiger partial charge in [-0.2, -0.15) is 5.10 Å². The second-order valence-corrected chi connectivity index (χ2v) is 6.60. The van der Waals surface area contributed by atoms with Crippen LogP contribution in [0.4, 0.5) is 5.82 Å². The van der Waals surface area contributed by atoms with Gasteiger partial charge in [0.05, 0.1) is 23.8 Å². The maximum atomic E-state index is 5.98. The van der Waals surface area contributed by atoms with Crippen LogP contribution >= 0.6 is 0 Å². The molecular weight excluding hydrogens is 302 g/mol. The Balaban J connectivity index is 1.66. The monoisotopic (exact) mass is 321 g/mol. The van der Waals surface area contributed by atoms with E-state index in [4.69, 9.17) is 14.7 Å². The van der Waals surface area contributed by atoms with Crippen LogP contribution in [0.15, 0.2) is 36.5 Å². The molecule has 1 aromatic carbocycles. The molecule has 2 aliphatic heterocycles. The van der Waals surface area contributed by atoms with Crippen molar-refractivity contribution < 1.29 is 4.74 Å². The predicted octanol–water partition coefficient (Wildman–Crippen LogP) is 2.40. The lowest BCUT2D eigenvalue weighted by molar-refractivity contribution is 0.0303. The number of ether oxygens (including phenoxy) is 1. The molecule has 2 unspecified atom stereocenters. The molecule has 0 radical (unpaired) electrons. The molecule has 0 saturated carbocycles. The summed E-state index contributed by atoms with van der Waals surface area (Å²) in [6.07, 6.45) is 4.81. The minimum absolute atomic E-state index is 0.325. The maximum absolute atomic E-state index is 5.98. The smallest absolute Gasteiger partial charge is 0.163 e. The SMILES string of the molecule is Cn1ncc2c(N3CC4CCC(C3)O4)nc(-c3ccccc3)nc21. The van der Waals surface area contributed by atoms with E-state index in [0.29, 0.717) is 12.2 Å². The molecule has 0 aliphatic carbocycles. The van der Waals surface area contributed by atoms with E-state index in [0.717, 1.165) is 54.2 Å². The maximum Gasteiger partial charge on any atom is 0.163 e. The third kappa shape index (κ3) is 2.17. The number of nitrogens with zero attached hydrogens (tertiary/aromatic N) is 5. The first-order valence-electron chi connectivity index (χ1n) is 8.43. The van der Waals surface area contributed by atoms with Crippen molar-refractivity contribution in [2.75, 3.05) is 18.0 Å². The zero-order valence-electron chi connectivity index (χ0n) is 13.6. The van der Waals surface area contributed by atoms with Crippen molar-refractivity contribution in [3.8, 4) is 11.4 Å². The molecule has 6 heteroatoms. The minimum Gasteiger partial charge on any atom is -0.371 e. The van der Waals surface area contributed by atoms with Crippen molar-refractivity contribution in [1.29, 1.82) is 0 Å². The standard InChI is InChI=1S/C18H19N5O/c1-22-17-15(9-19-22)18(23-10-13-7-8-14(11-23)24-13)21-16(20-17)12-5-3-2-4-6-12/h2-6,9,13-14H,7-8,10-11H2,1H3. The molecule has 2 aromatic heterocycles. The van der Waals surface area contributed by atoms with Crippen LogP contribution in [0.2, 0.25) is 0 Å². The van der Waals surface area contributed by atoms with E-state index < -0.39 is 0 Å². The second kappa shape index (κ2) is 5.27. The molecule has 0 N–H and O–H groups in total. The quantitative estimate of drug-likeness (QED) is 0.725. The lowest BCUT2D eigenvalue weighted by atomic mass is 10.2. The van der Waals surface area contributed by atoms with Crippen molar-refractivity contribution in [1.82, 2.24) is 19.7 Å². The number of fused-ring (bicyclic) bond motifs is 3. The van der Waals surface area contributed by atoms with Crippen LogP contribution < -0.4 is 4.90 Å². The number of hydrogen-bond donors (Lipinski definition) is 0. The van der Waals surface area contributed by atoms with Crippen molar-refractivity contribution in [3.05, 3.63) is 36.5 Å². The Hall–Kier alpha value is -2.47. The summed E-state index contributed by atoms with van der Waals surface area (Å²) in [6, 6.07) is 10.1. The van der Waals surface area contributed by atoms with Gasteiger partial charge in [0.1, 0.15) is 5.82 Å². The van der Waals surface area contributed by atoms with E-state index in [1.807, 2.05) is 48.3 Å². The summed E-state index contributed by atoms with van der Waals surface area (Å²) in [6.45, 7) is 1.79. The van der Waals surface area contributed by atoms with Crippen LogP contribution in [-0.2, 0) is 11.8 Å². The van der Waals surface area contributed by atoms with Gasteiger partial charge in [-0.1, -0.05) is 30.3 Å². The van der Waals surface area contributed by atoms with Gasteiger partial charge in [0.15, 0.2) is 11.5 Å². The predicted molar refractivity (Wildman–Crippen MR) is 91.8 cm³/mol. The molecule has 2 atom stereocenters. The highest BCUT2D eigenvalue weighted by Crippen LogP contribution is 2.33. The fourth-order valence-corrected chi connectivity index (χ4v) is 3.75. The molecular formula is C18H19N5O. The van der Waals surface area contributed by atoms with Crippen LogP contribution in [0, 0.1) is 0 Å². The molecule has 2 saturated heterocycles.